The van der Waals surface area contributed by atoms with Crippen LogP contribution in [-0.4, -0.2) is 21.6 Å². The molecule has 0 aliphatic carbocycles. The number of nitrogens with zero attached hydrogens (tertiary/aromatic N) is 3. The molecule has 3 aromatic rings. The molecule has 0 saturated carbocycles. The minimum absolute atomic E-state index is 0.142. The van der Waals surface area contributed by atoms with Crippen LogP contribution in [0.4, 0.5) is 14.6 Å². The van der Waals surface area contributed by atoms with Crippen molar-refractivity contribution in [2.75, 3.05) is 5.32 Å². The van der Waals surface area contributed by atoms with Gasteiger partial charge in [-0.05, 0) is 32.0 Å². The average molecular weight is 356 g/mol. The molecule has 7 heteroatoms. The molecule has 3 rings (SSSR count). The molecule has 0 unspecified atom stereocenters. The molecule has 0 bridgehead atoms. The largest absolute Gasteiger partial charge is 0.434 e. The van der Waals surface area contributed by atoms with Crippen molar-refractivity contribution in [2.45, 2.75) is 27.0 Å². The molecule has 1 aromatic carbocycles. The number of pyridine rings is 1. The third-order valence-corrected chi connectivity index (χ3v) is 3.92. The van der Waals surface area contributed by atoms with E-state index < -0.39 is 6.61 Å². The number of aromatic nitrogens is 3. The van der Waals surface area contributed by atoms with Crippen LogP contribution < -0.4 is 10.1 Å². The fraction of sp³-hybridized carbons (Fsp3) is 0.211. The van der Waals surface area contributed by atoms with Crippen LogP contribution in [0.15, 0.2) is 48.7 Å². The van der Waals surface area contributed by atoms with Crippen LogP contribution in [0.3, 0.4) is 0 Å². The Morgan fingerprint density at radius 2 is 1.81 bits per heavy atom. The van der Waals surface area contributed by atoms with Crippen LogP contribution in [0.1, 0.15) is 16.8 Å². The fourth-order valence-electron chi connectivity index (χ4n) is 2.45. The highest BCUT2D eigenvalue weighted by Gasteiger charge is 2.12. The molecule has 0 aliphatic rings. The smallest absolute Gasteiger partial charge is 0.387 e. The quantitative estimate of drug-likeness (QED) is 0.711. The first-order chi connectivity index (χ1) is 12.5. The summed E-state index contributed by atoms with van der Waals surface area (Å²) in [5.74, 6) is 1.28. The lowest BCUT2D eigenvalue weighted by atomic mass is 10.2. The molecule has 1 N–H and O–H groups in total. The fourth-order valence-corrected chi connectivity index (χ4v) is 2.45. The molecule has 5 nitrogen and oxygen atoms in total. The summed E-state index contributed by atoms with van der Waals surface area (Å²) in [5.41, 5.74) is 2.99. The molecule has 0 fully saturated rings. The molecular weight excluding hydrogens is 338 g/mol. The number of halogens is 2. The molecule has 0 saturated heterocycles. The van der Waals surface area contributed by atoms with Crippen molar-refractivity contribution in [1.29, 1.82) is 0 Å². The standard InChI is InChI=1S/C19H18F2N4O/c1-12-13(2)24-18(15-8-5-6-10-22-15)25-17(12)23-11-14-7-3-4-9-16(14)26-19(20)21/h3-10,19H,11H2,1-2H3,(H,23,24,25). The van der Waals surface area contributed by atoms with Gasteiger partial charge in [-0.3, -0.25) is 4.98 Å². The van der Waals surface area contributed by atoms with Crippen molar-refractivity contribution >= 4 is 5.82 Å². The minimum atomic E-state index is -2.87. The number of ether oxygens (including phenoxy) is 1. The molecule has 0 spiro atoms. The lowest BCUT2D eigenvalue weighted by molar-refractivity contribution is -0.0504. The Balaban J connectivity index is 1.86. The van der Waals surface area contributed by atoms with Crippen LogP contribution in [0.2, 0.25) is 0 Å². The van der Waals surface area contributed by atoms with E-state index >= 15 is 0 Å². The summed E-state index contributed by atoms with van der Waals surface area (Å²) in [5, 5.41) is 3.19. The number of para-hydroxylation sites is 1. The highest BCUT2D eigenvalue weighted by atomic mass is 19.3. The van der Waals surface area contributed by atoms with Gasteiger partial charge in [-0.25, -0.2) is 9.97 Å². The Morgan fingerprint density at radius 1 is 1.04 bits per heavy atom. The summed E-state index contributed by atoms with van der Waals surface area (Å²) < 4.78 is 29.7. The normalized spacial score (nSPS) is 10.8. The highest BCUT2D eigenvalue weighted by molar-refractivity contribution is 5.56. The first-order valence-corrected chi connectivity index (χ1v) is 8.08. The number of nitrogens with one attached hydrogen (secondary N) is 1. The highest BCUT2D eigenvalue weighted by Crippen LogP contribution is 2.24. The van der Waals surface area contributed by atoms with Crippen molar-refractivity contribution in [3.8, 4) is 17.3 Å². The summed E-state index contributed by atoms with van der Waals surface area (Å²) >= 11 is 0. The van der Waals surface area contributed by atoms with E-state index in [1.165, 1.54) is 6.07 Å². The zero-order chi connectivity index (χ0) is 18.5. The molecule has 0 radical (unpaired) electrons. The topological polar surface area (TPSA) is 59.9 Å². The van der Waals surface area contributed by atoms with E-state index in [0.29, 0.717) is 29.4 Å². The molecule has 2 heterocycles. The predicted octanol–water partition coefficient (Wildman–Crippen LogP) is 4.37. The number of hydrogen-bond acceptors (Lipinski definition) is 5. The monoisotopic (exact) mass is 356 g/mol. The van der Waals surface area contributed by atoms with Crippen molar-refractivity contribution in [3.05, 3.63) is 65.5 Å². The Hall–Kier alpha value is -3.09. The van der Waals surface area contributed by atoms with E-state index in [4.69, 9.17) is 0 Å². The lowest BCUT2D eigenvalue weighted by Gasteiger charge is -2.14. The molecule has 134 valence electrons. The average Bonchev–Trinajstić information content (AvgIpc) is 2.64. The third-order valence-electron chi connectivity index (χ3n) is 3.92. The summed E-state index contributed by atoms with van der Waals surface area (Å²) in [6, 6.07) is 12.2. The molecule has 26 heavy (non-hydrogen) atoms. The zero-order valence-electron chi connectivity index (χ0n) is 14.4. The first kappa shape index (κ1) is 17.7. The van der Waals surface area contributed by atoms with Crippen LogP contribution in [0, 0.1) is 13.8 Å². The number of anilines is 1. The Labute approximate surface area is 150 Å². The maximum Gasteiger partial charge on any atom is 0.387 e. The van der Waals surface area contributed by atoms with E-state index in [0.717, 1.165) is 11.3 Å². The predicted molar refractivity (Wildman–Crippen MR) is 95.1 cm³/mol. The summed E-state index contributed by atoms with van der Waals surface area (Å²) in [4.78, 5) is 13.3. The van der Waals surface area contributed by atoms with Gasteiger partial charge in [-0.1, -0.05) is 24.3 Å². The van der Waals surface area contributed by atoms with Crippen molar-refractivity contribution in [2.24, 2.45) is 0 Å². The SMILES string of the molecule is Cc1nc(-c2ccccn2)nc(NCc2ccccc2OC(F)F)c1C. The van der Waals surface area contributed by atoms with E-state index in [9.17, 15) is 8.78 Å². The van der Waals surface area contributed by atoms with E-state index in [-0.39, 0.29) is 5.75 Å². The molecule has 2 aromatic heterocycles. The van der Waals surface area contributed by atoms with E-state index in [2.05, 4.69) is 25.0 Å². The van der Waals surface area contributed by atoms with Gasteiger partial charge >= 0.3 is 6.61 Å². The summed E-state index contributed by atoms with van der Waals surface area (Å²) in [6.45, 7) is 1.22. The van der Waals surface area contributed by atoms with Crippen molar-refractivity contribution in [3.63, 3.8) is 0 Å². The summed E-state index contributed by atoms with van der Waals surface area (Å²) in [7, 11) is 0. The maximum atomic E-state index is 12.6. The first-order valence-electron chi connectivity index (χ1n) is 8.08. The lowest BCUT2D eigenvalue weighted by Crippen LogP contribution is -2.10. The number of rotatable bonds is 6. The number of alkyl halides is 2. The van der Waals surface area contributed by atoms with Gasteiger partial charge in [0.1, 0.15) is 17.3 Å². The number of aryl methyl sites for hydroxylation is 1. The van der Waals surface area contributed by atoms with Crippen molar-refractivity contribution < 1.29 is 13.5 Å². The maximum absolute atomic E-state index is 12.6. The van der Waals surface area contributed by atoms with Gasteiger partial charge in [0.25, 0.3) is 0 Å². The Morgan fingerprint density at radius 3 is 2.54 bits per heavy atom. The van der Waals surface area contributed by atoms with Crippen LogP contribution in [0.5, 0.6) is 5.75 Å². The minimum Gasteiger partial charge on any atom is -0.434 e. The number of hydrogen-bond donors (Lipinski definition) is 1. The van der Waals surface area contributed by atoms with Crippen molar-refractivity contribution in [1.82, 2.24) is 15.0 Å². The van der Waals surface area contributed by atoms with Gasteiger partial charge in [0.05, 0.1) is 0 Å². The Bertz CT molecular complexity index is 888. The van der Waals surface area contributed by atoms with Crippen LogP contribution in [-0.2, 0) is 6.54 Å². The van der Waals surface area contributed by atoms with Crippen LogP contribution in [0.25, 0.3) is 11.5 Å². The third kappa shape index (κ3) is 4.11. The summed E-state index contributed by atoms with van der Waals surface area (Å²) in [6.07, 6.45) is 1.68. The van der Waals surface area contributed by atoms with Gasteiger partial charge in [-0.15, -0.1) is 0 Å². The second kappa shape index (κ2) is 7.86. The molecular formula is C19H18F2N4O. The van der Waals surface area contributed by atoms with Gasteiger partial charge in [0, 0.05) is 29.6 Å². The molecule has 0 atom stereocenters. The van der Waals surface area contributed by atoms with Crippen LogP contribution >= 0.6 is 0 Å². The van der Waals surface area contributed by atoms with Gasteiger partial charge in [-0.2, -0.15) is 8.78 Å². The van der Waals surface area contributed by atoms with Gasteiger partial charge in [0.15, 0.2) is 5.82 Å². The van der Waals surface area contributed by atoms with Gasteiger partial charge < -0.3 is 10.1 Å². The second-order valence-corrected chi connectivity index (χ2v) is 5.66. The number of benzene rings is 1. The van der Waals surface area contributed by atoms with E-state index in [1.54, 1.807) is 24.4 Å². The zero-order valence-corrected chi connectivity index (χ0v) is 14.4. The second-order valence-electron chi connectivity index (χ2n) is 5.66. The molecule has 0 amide bonds. The van der Waals surface area contributed by atoms with E-state index in [1.807, 2.05) is 32.0 Å². The Kier molecular flexibility index (Phi) is 5.36. The van der Waals surface area contributed by atoms with Gasteiger partial charge in [0.2, 0.25) is 0 Å². The molecule has 0 aliphatic heterocycles.